The van der Waals surface area contributed by atoms with E-state index in [1.807, 2.05) is 13.8 Å². The summed E-state index contributed by atoms with van der Waals surface area (Å²) in [5, 5.41) is 0.766. The Balaban J connectivity index is 2.45. The van der Waals surface area contributed by atoms with Gasteiger partial charge in [0.1, 0.15) is 17.4 Å². The summed E-state index contributed by atoms with van der Waals surface area (Å²) in [6.07, 6.45) is 0. The zero-order valence-corrected chi connectivity index (χ0v) is 16.6. The van der Waals surface area contributed by atoms with E-state index >= 15 is 0 Å². The van der Waals surface area contributed by atoms with E-state index in [4.69, 9.17) is 0 Å². The molecule has 128 valence electrons. The number of Topliss-reactive ketones (excluding diaryl/α,β-unsaturated/α-hetero) is 1. The van der Waals surface area contributed by atoms with Gasteiger partial charge in [0.05, 0.1) is 11.8 Å². The molecular weight excluding hydrogens is 442 g/mol. The minimum Gasteiger partial charge on any atom is -0.298 e. The lowest BCUT2D eigenvalue weighted by atomic mass is 9.83. The van der Waals surface area contributed by atoms with E-state index in [9.17, 15) is 13.6 Å². The number of carbonyl (C=O) groups excluding carboxylic acids is 1. The Hall–Kier alpha value is -1.07. The second-order valence-corrected chi connectivity index (χ2v) is 7.11. The molecule has 24 heavy (non-hydrogen) atoms. The van der Waals surface area contributed by atoms with Crippen molar-refractivity contribution in [1.82, 2.24) is 0 Å². The van der Waals surface area contributed by atoms with E-state index in [0.29, 0.717) is 21.8 Å². The summed E-state index contributed by atoms with van der Waals surface area (Å²) in [7, 11) is 0. The molecule has 0 heterocycles. The van der Waals surface area contributed by atoms with Crippen LogP contribution in [-0.2, 0) is 4.79 Å². The van der Waals surface area contributed by atoms with Crippen molar-refractivity contribution in [1.29, 1.82) is 0 Å². The number of benzene rings is 2. The fourth-order valence-electron chi connectivity index (χ4n) is 2.84. The third kappa shape index (κ3) is 4.12. The third-order valence-electron chi connectivity index (χ3n) is 4.23. The molecule has 1 nitrogen and oxygen atoms in total. The van der Waals surface area contributed by atoms with Gasteiger partial charge in [0.15, 0.2) is 0 Å². The summed E-state index contributed by atoms with van der Waals surface area (Å²) in [5.41, 5.74) is 3.05. The van der Waals surface area contributed by atoms with Crippen LogP contribution < -0.4 is 0 Å². The lowest BCUT2D eigenvalue weighted by Crippen LogP contribution is -2.24. The topological polar surface area (TPSA) is 17.1 Å². The van der Waals surface area contributed by atoms with Gasteiger partial charge in [-0.2, -0.15) is 0 Å². The Labute approximate surface area is 157 Å². The Morgan fingerprint density at radius 2 is 1.25 bits per heavy atom. The SMILES string of the molecule is Cc1ccc(F)cc1C(CBr)C(=O)C(CBr)c1cc(F)ccc1C. The summed E-state index contributed by atoms with van der Waals surface area (Å²) < 4.78 is 27.3. The highest BCUT2D eigenvalue weighted by Gasteiger charge is 2.30. The summed E-state index contributed by atoms with van der Waals surface area (Å²) in [4.78, 5) is 13.1. The van der Waals surface area contributed by atoms with Gasteiger partial charge in [-0.05, 0) is 60.4 Å². The van der Waals surface area contributed by atoms with Crippen LogP contribution in [0, 0.1) is 25.5 Å². The van der Waals surface area contributed by atoms with Crippen LogP contribution in [0.3, 0.4) is 0 Å². The summed E-state index contributed by atoms with van der Waals surface area (Å²) in [6, 6.07) is 8.92. The largest absolute Gasteiger partial charge is 0.298 e. The Morgan fingerprint density at radius 1 is 0.875 bits per heavy atom. The molecule has 0 aromatic heterocycles. The van der Waals surface area contributed by atoms with Crippen molar-refractivity contribution in [2.45, 2.75) is 25.7 Å². The smallest absolute Gasteiger partial charge is 0.149 e. The highest BCUT2D eigenvalue weighted by molar-refractivity contribution is 9.09. The second kappa shape index (κ2) is 8.34. The van der Waals surface area contributed by atoms with Crippen molar-refractivity contribution in [3.8, 4) is 0 Å². The van der Waals surface area contributed by atoms with Gasteiger partial charge in [0, 0.05) is 10.7 Å². The first-order valence-corrected chi connectivity index (χ1v) is 9.81. The van der Waals surface area contributed by atoms with Crippen LogP contribution in [-0.4, -0.2) is 16.4 Å². The van der Waals surface area contributed by atoms with Gasteiger partial charge in [-0.15, -0.1) is 0 Å². The third-order valence-corrected chi connectivity index (χ3v) is 5.52. The molecule has 0 saturated heterocycles. The summed E-state index contributed by atoms with van der Waals surface area (Å²) in [6.45, 7) is 3.71. The van der Waals surface area contributed by atoms with Crippen molar-refractivity contribution in [3.63, 3.8) is 0 Å². The van der Waals surface area contributed by atoms with Gasteiger partial charge in [0.2, 0.25) is 0 Å². The van der Waals surface area contributed by atoms with Crippen molar-refractivity contribution in [2.75, 3.05) is 10.7 Å². The Kier molecular flexibility index (Phi) is 6.70. The molecular formula is C19H18Br2F2O. The molecule has 2 unspecified atom stereocenters. The molecule has 2 rings (SSSR count). The second-order valence-electron chi connectivity index (χ2n) is 5.82. The number of alkyl halides is 2. The maximum Gasteiger partial charge on any atom is 0.149 e. The highest BCUT2D eigenvalue weighted by atomic mass is 79.9. The van der Waals surface area contributed by atoms with Crippen LogP contribution in [0.5, 0.6) is 0 Å². The first kappa shape index (κ1) is 19.3. The Bertz CT molecular complexity index is 685. The van der Waals surface area contributed by atoms with E-state index in [-0.39, 0.29) is 17.4 Å². The molecule has 0 saturated carbocycles. The predicted molar refractivity (Wildman–Crippen MR) is 100 cm³/mol. The van der Waals surface area contributed by atoms with E-state index in [2.05, 4.69) is 31.9 Å². The molecule has 2 aromatic rings. The van der Waals surface area contributed by atoms with Crippen molar-refractivity contribution in [3.05, 3.63) is 70.3 Å². The molecule has 0 aliphatic heterocycles. The summed E-state index contributed by atoms with van der Waals surface area (Å²) in [5.74, 6) is -1.79. The number of carbonyl (C=O) groups is 1. The van der Waals surface area contributed by atoms with E-state index in [1.165, 1.54) is 24.3 Å². The lowest BCUT2D eigenvalue weighted by Gasteiger charge is -2.23. The fourth-order valence-corrected chi connectivity index (χ4v) is 4.18. The van der Waals surface area contributed by atoms with Gasteiger partial charge in [0.25, 0.3) is 0 Å². The molecule has 0 aliphatic carbocycles. The van der Waals surface area contributed by atoms with Crippen LogP contribution in [0.15, 0.2) is 36.4 Å². The normalized spacial score (nSPS) is 13.6. The van der Waals surface area contributed by atoms with Gasteiger partial charge >= 0.3 is 0 Å². The number of hydrogen-bond donors (Lipinski definition) is 0. The van der Waals surface area contributed by atoms with Crippen LogP contribution >= 0.6 is 31.9 Å². The zero-order chi connectivity index (χ0) is 17.9. The molecule has 0 spiro atoms. The number of hydrogen-bond acceptors (Lipinski definition) is 1. The number of ketones is 1. The minimum absolute atomic E-state index is 0.0637. The lowest BCUT2D eigenvalue weighted by molar-refractivity contribution is -0.121. The quantitative estimate of drug-likeness (QED) is 0.498. The van der Waals surface area contributed by atoms with E-state index < -0.39 is 11.8 Å². The number of aryl methyl sites for hydroxylation is 2. The minimum atomic E-state index is -0.495. The molecule has 2 atom stereocenters. The zero-order valence-electron chi connectivity index (χ0n) is 13.5. The van der Waals surface area contributed by atoms with Crippen LogP contribution in [0.2, 0.25) is 0 Å². The average molecular weight is 460 g/mol. The first-order valence-electron chi connectivity index (χ1n) is 7.56. The van der Waals surface area contributed by atoms with Gasteiger partial charge < -0.3 is 0 Å². The average Bonchev–Trinajstić information content (AvgIpc) is 2.55. The molecule has 0 fully saturated rings. The van der Waals surface area contributed by atoms with Crippen LogP contribution in [0.25, 0.3) is 0 Å². The van der Waals surface area contributed by atoms with Gasteiger partial charge in [-0.1, -0.05) is 44.0 Å². The van der Waals surface area contributed by atoms with E-state index in [1.54, 1.807) is 12.1 Å². The van der Waals surface area contributed by atoms with Crippen molar-refractivity contribution in [2.24, 2.45) is 0 Å². The molecule has 0 bridgehead atoms. The molecule has 2 aromatic carbocycles. The van der Waals surface area contributed by atoms with Gasteiger partial charge in [-0.3, -0.25) is 4.79 Å². The highest BCUT2D eigenvalue weighted by Crippen LogP contribution is 2.33. The molecule has 0 aliphatic rings. The molecule has 0 amide bonds. The molecule has 5 heteroatoms. The monoisotopic (exact) mass is 458 g/mol. The van der Waals surface area contributed by atoms with Crippen LogP contribution in [0.1, 0.15) is 34.1 Å². The van der Waals surface area contributed by atoms with E-state index in [0.717, 1.165) is 11.1 Å². The Morgan fingerprint density at radius 3 is 1.58 bits per heavy atom. The first-order chi connectivity index (χ1) is 11.4. The predicted octanol–water partition coefficient (Wildman–Crippen LogP) is 5.81. The standard InChI is InChI=1S/C19H18Br2F2O/c1-11-3-5-13(22)7-15(11)17(9-20)19(24)18(10-21)16-8-14(23)6-4-12(16)2/h3-8,17-18H,9-10H2,1-2H3. The van der Waals surface area contributed by atoms with Gasteiger partial charge in [-0.25, -0.2) is 8.78 Å². The van der Waals surface area contributed by atoms with Crippen LogP contribution in [0.4, 0.5) is 8.78 Å². The van der Waals surface area contributed by atoms with Crippen molar-refractivity contribution < 1.29 is 13.6 Å². The number of rotatable bonds is 6. The fraction of sp³-hybridized carbons (Fsp3) is 0.316. The molecule has 0 radical (unpaired) electrons. The summed E-state index contributed by atoms with van der Waals surface area (Å²) >= 11 is 6.76. The maximum absolute atomic E-state index is 13.6. The number of halogens is 4. The molecule has 0 N–H and O–H groups in total. The maximum atomic E-state index is 13.6. The van der Waals surface area contributed by atoms with Crippen molar-refractivity contribution >= 4 is 37.6 Å².